The van der Waals surface area contributed by atoms with Gasteiger partial charge in [0, 0.05) is 24.2 Å². The molecule has 0 amide bonds. The monoisotopic (exact) mass is 430 g/mol. The lowest BCUT2D eigenvalue weighted by molar-refractivity contribution is 0.408. The zero-order valence-corrected chi connectivity index (χ0v) is 18.6. The normalized spacial score (nSPS) is 10.9. The summed E-state index contributed by atoms with van der Waals surface area (Å²) in [5, 5.41) is 0. The Kier molecular flexibility index (Phi) is 7.57. The third kappa shape index (κ3) is 4.78. The van der Waals surface area contributed by atoms with Gasteiger partial charge in [0.1, 0.15) is 14.2 Å². The molecule has 0 saturated heterocycles. The first kappa shape index (κ1) is 20.9. The fraction of sp³-hybridized carbons (Fsp3) is 0.227. The predicted molar refractivity (Wildman–Crippen MR) is 123 cm³/mol. The predicted octanol–water partition coefficient (Wildman–Crippen LogP) is 6.93. The van der Waals surface area contributed by atoms with E-state index in [0.29, 0.717) is 10.0 Å². The second kappa shape index (κ2) is 10.1. The molecule has 1 aromatic heterocycles. The maximum Gasteiger partial charge on any atom is 0.171 e. The van der Waals surface area contributed by atoms with Gasteiger partial charge in [0.15, 0.2) is 5.75 Å². The van der Waals surface area contributed by atoms with Gasteiger partial charge in [0.2, 0.25) is 0 Å². The van der Waals surface area contributed by atoms with Crippen LogP contribution in [0.3, 0.4) is 0 Å². The lowest BCUT2D eigenvalue weighted by Crippen LogP contribution is -2.13. The molecular weight excluding hydrogens is 408 g/mol. The molecule has 0 atom stereocenters. The molecule has 0 N–H and O–H groups in total. The summed E-state index contributed by atoms with van der Waals surface area (Å²) in [6.07, 6.45) is 0. The molecule has 0 aliphatic carbocycles. The van der Waals surface area contributed by atoms with Crippen molar-refractivity contribution in [2.24, 2.45) is 4.99 Å². The maximum absolute atomic E-state index is 6.62. The van der Waals surface area contributed by atoms with Crippen LogP contribution in [0.15, 0.2) is 69.9 Å². The fourth-order valence-electron chi connectivity index (χ4n) is 2.77. The molecule has 1 heterocycles. The van der Waals surface area contributed by atoms with Crippen LogP contribution >= 0.6 is 34.9 Å². The summed E-state index contributed by atoms with van der Waals surface area (Å²) in [4.78, 5) is 4.99. The van der Waals surface area contributed by atoms with E-state index in [-0.39, 0.29) is 0 Å². The first-order chi connectivity index (χ1) is 13.7. The van der Waals surface area contributed by atoms with Crippen molar-refractivity contribution in [2.45, 2.75) is 18.1 Å². The quantitative estimate of drug-likeness (QED) is 0.286. The van der Waals surface area contributed by atoms with Gasteiger partial charge < -0.3 is 4.74 Å². The lowest BCUT2D eigenvalue weighted by atomic mass is 10.0. The Hall–Kier alpha value is -1.79. The maximum atomic E-state index is 6.62. The second-order valence-electron chi connectivity index (χ2n) is 5.94. The molecule has 3 aromatic rings. The van der Waals surface area contributed by atoms with Crippen LogP contribution in [0, 0.1) is 0 Å². The number of aliphatic imine (C=N–C) groups is 1. The van der Waals surface area contributed by atoms with Crippen LogP contribution in [0.25, 0.3) is 0 Å². The highest BCUT2D eigenvalue weighted by Gasteiger charge is 2.21. The van der Waals surface area contributed by atoms with Crippen molar-refractivity contribution < 1.29 is 4.74 Å². The number of ether oxygens (including phenoxy) is 1. The zero-order valence-electron chi connectivity index (χ0n) is 16.2. The van der Waals surface area contributed by atoms with Crippen LogP contribution in [0.2, 0.25) is 4.34 Å². The summed E-state index contributed by atoms with van der Waals surface area (Å²) >= 11 is 9.80. The Morgan fingerprint density at radius 2 is 1.54 bits per heavy atom. The van der Waals surface area contributed by atoms with E-state index in [4.69, 9.17) is 21.3 Å². The molecule has 2 aromatic carbocycles. The Bertz CT molecular complexity index is 881. The number of thiophene rings is 1. The zero-order chi connectivity index (χ0) is 19.9. The molecule has 0 aliphatic heterocycles. The molecule has 28 heavy (non-hydrogen) atoms. The highest BCUT2D eigenvalue weighted by molar-refractivity contribution is 7.99. The van der Waals surface area contributed by atoms with E-state index in [1.165, 1.54) is 11.3 Å². The van der Waals surface area contributed by atoms with Gasteiger partial charge in [0.25, 0.3) is 0 Å². The Morgan fingerprint density at radius 1 is 1.00 bits per heavy atom. The van der Waals surface area contributed by atoms with Gasteiger partial charge in [-0.1, -0.05) is 86.1 Å². The van der Waals surface area contributed by atoms with Crippen LogP contribution in [0.1, 0.15) is 25.0 Å². The van der Waals surface area contributed by atoms with E-state index >= 15 is 0 Å². The molecule has 6 heteroatoms. The van der Waals surface area contributed by atoms with Gasteiger partial charge >= 0.3 is 0 Å². The number of hydrogen-bond donors (Lipinski definition) is 0. The average molecular weight is 431 g/mol. The number of halogens is 1. The first-order valence-electron chi connectivity index (χ1n) is 9.16. The molecule has 0 spiro atoms. The van der Waals surface area contributed by atoms with Crippen molar-refractivity contribution in [2.75, 3.05) is 20.2 Å². The first-order valence-corrected chi connectivity index (χ1v) is 11.1. The third-order valence-corrected chi connectivity index (χ3v) is 6.96. The average Bonchev–Trinajstić information content (AvgIpc) is 3.05. The minimum absolute atomic E-state index is 0.635. The molecule has 146 valence electrons. The number of methoxy groups -OCH3 is 1. The largest absolute Gasteiger partial charge is 0.492 e. The van der Waals surface area contributed by atoms with E-state index in [0.717, 1.165) is 39.9 Å². The smallest absolute Gasteiger partial charge is 0.171 e. The molecule has 3 rings (SSSR count). The van der Waals surface area contributed by atoms with Gasteiger partial charge in [-0.15, -0.1) is 11.3 Å². The van der Waals surface area contributed by atoms with Gasteiger partial charge in [-0.2, -0.15) is 0 Å². The Morgan fingerprint density at radius 3 is 2.00 bits per heavy atom. The molecule has 0 bridgehead atoms. The summed E-state index contributed by atoms with van der Waals surface area (Å²) in [7, 11) is 1.68. The minimum Gasteiger partial charge on any atom is -0.492 e. The highest BCUT2D eigenvalue weighted by atomic mass is 35.5. The molecular formula is C22H23ClN2OS2. The van der Waals surface area contributed by atoms with Gasteiger partial charge in [-0.3, -0.25) is 0 Å². The van der Waals surface area contributed by atoms with Crippen molar-refractivity contribution in [3.8, 4) is 5.75 Å². The molecule has 0 unspecified atom stereocenters. The number of nitrogens with zero attached hydrogens (tertiary/aromatic N) is 2. The third-order valence-electron chi connectivity index (χ3n) is 4.21. The molecule has 0 radical (unpaired) electrons. The van der Waals surface area contributed by atoms with Crippen molar-refractivity contribution in [1.82, 2.24) is 4.31 Å². The standard InChI is InChI=1S/C22H23ClN2OS2/c1-4-25(5-2)28-22-20(26-3)19(21(23)27-22)24-18(16-12-8-6-9-13-16)17-14-10-7-11-15-17/h6-15H,4-5H2,1-3H3. The molecule has 3 nitrogen and oxygen atoms in total. The number of benzene rings is 2. The summed E-state index contributed by atoms with van der Waals surface area (Å²) < 4.78 is 9.65. The molecule has 0 aliphatic rings. The summed E-state index contributed by atoms with van der Waals surface area (Å²) in [6, 6.07) is 20.3. The minimum atomic E-state index is 0.635. The van der Waals surface area contributed by atoms with Crippen LogP contribution in [0.4, 0.5) is 5.69 Å². The van der Waals surface area contributed by atoms with Crippen LogP contribution in [0.5, 0.6) is 5.75 Å². The van der Waals surface area contributed by atoms with Crippen molar-refractivity contribution >= 4 is 46.3 Å². The van der Waals surface area contributed by atoms with E-state index < -0.39 is 0 Å². The lowest BCUT2D eigenvalue weighted by Gasteiger charge is -2.16. The summed E-state index contributed by atoms with van der Waals surface area (Å²) in [5.41, 5.74) is 3.64. The van der Waals surface area contributed by atoms with Crippen molar-refractivity contribution in [3.05, 3.63) is 76.1 Å². The summed E-state index contributed by atoms with van der Waals surface area (Å²) in [5.74, 6) is 0.733. The molecule has 0 fully saturated rings. The van der Waals surface area contributed by atoms with Crippen molar-refractivity contribution in [3.63, 3.8) is 0 Å². The SMILES string of the molecule is CCN(CC)Sc1sc(Cl)c(N=C(c2ccccc2)c2ccccc2)c1OC. The Balaban J connectivity index is 2.11. The fourth-order valence-corrected chi connectivity index (χ4v) is 5.40. The van der Waals surface area contributed by atoms with E-state index in [1.807, 2.05) is 36.4 Å². The van der Waals surface area contributed by atoms with Gasteiger partial charge in [-0.25, -0.2) is 9.30 Å². The van der Waals surface area contributed by atoms with E-state index in [2.05, 4.69) is 42.4 Å². The van der Waals surface area contributed by atoms with Crippen LogP contribution in [-0.4, -0.2) is 30.2 Å². The van der Waals surface area contributed by atoms with Crippen LogP contribution < -0.4 is 4.74 Å². The van der Waals surface area contributed by atoms with Crippen molar-refractivity contribution in [1.29, 1.82) is 0 Å². The van der Waals surface area contributed by atoms with Gasteiger partial charge in [0.05, 0.1) is 12.8 Å². The van der Waals surface area contributed by atoms with E-state index in [1.54, 1.807) is 19.1 Å². The molecule has 0 saturated carbocycles. The second-order valence-corrected chi connectivity index (χ2v) is 8.93. The van der Waals surface area contributed by atoms with Gasteiger partial charge in [-0.05, 0) is 11.9 Å². The Labute approximate surface area is 180 Å². The number of hydrogen-bond acceptors (Lipinski definition) is 5. The highest BCUT2D eigenvalue weighted by Crippen LogP contribution is 2.51. The summed E-state index contributed by atoms with van der Waals surface area (Å²) in [6.45, 7) is 6.16. The van der Waals surface area contributed by atoms with Crippen LogP contribution in [-0.2, 0) is 0 Å². The van der Waals surface area contributed by atoms with E-state index in [9.17, 15) is 0 Å². The topological polar surface area (TPSA) is 24.8 Å². The number of rotatable bonds is 8.